The first-order valence-electron chi connectivity index (χ1n) is 2.86. The van der Waals surface area contributed by atoms with E-state index in [9.17, 15) is 10.1 Å². The zero-order chi connectivity index (χ0) is 9.02. The van der Waals surface area contributed by atoms with E-state index in [0.29, 0.717) is 0 Å². The van der Waals surface area contributed by atoms with Gasteiger partial charge in [0.25, 0.3) is 0 Å². The summed E-state index contributed by atoms with van der Waals surface area (Å²) in [5.74, 6) is -0.426. The van der Waals surface area contributed by atoms with E-state index in [1.54, 1.807) is 0 Å². The molecule has 0 unspecified atom stereocenters. The summed E-state index contributed by atoms with van der Waals surface area (Å²) in [5, 5.41) is 19.2. The van der Waals surface area contributed by atoms with E-state index >= 15 is 0 Å². The van der Waals surface area contributed by atoms with Crippen molar-refractivity contribution >= 4 is 0 Å². The van der Waals surface area contributed by atoms with Gasteiger partial charge in [0.05, 0.1) is 4.92 Å². The Hall–Kier alpha value is -1.58. The molecule has 0 aromatic heterocycles. The fourth-order valence-electron chi connectivity index (χ4n) is 0.476. The van der Waals surface area contributed by atoms with Crippen molar-refractivity contribution in [2.45, 2.75) is 6.92 Å². The van der Waals surface area contributed by atoms with Crippen LogP contribution in [0.2, 0.25) is 0 Å². The summed E-state index contributed by atoms with van der Waals surface area (Å²) in [6, 6.07) is 0. The van der Waals surface area contributed by atoms with Gasteiger partial charge in [0.15, 0.2) is 5.76 Å². The first-order valence-corrected chi connectivity index (χ1v) is 2.86. The van der Waals surface area contributed by atoms with Gasteiger partial charge in [-0.1, -0.05) is 13.2 Å². The van der Waals surface area contributed by atoms with E-state index in [1.807, 2.05) is 0 Å². The minimum atomic E-state index is -0.711. The van der Waals surface area contributed by atoms with E-state index in [1.165, 1.54) is 6.92 Å². The average molecular weight is 155 g/mol. The van der Waals surface area contributed by atoms with E-state index in [2.05, 4.69) is 13.2 Å². The zero-order valence-corrected chi connectivity index (χ0v) is 6.20. The number of allylic oxidation sites excluding steroid dienone is 2. The monoisotopic (exact) mass is 155 g/mol. The van der Waals surface area contributed by atoms with Crippen LogP contribution in [0.5, 0.6) is 0 Å². The first kappa shape index (κ1) is 9.42. The molecule has 0 aromatic carbocycles. The molecule has 0 aliphatic rings. The normalized spacial score (nSPS) is 11.7. The summed E-state index contributed by atoms with van der Waals surface area (Å²) in [5.41, 5.74) is -0.172. The molecular formula is C7H9NO3. The fourth-order valence-corrected chi connectivity index (χ4v) is 0.476. The molecule has 11 heavy (non-hydrogen) atoms. The molecule has 0 bridgehead atoms. The fraction of sp³-hybridized carbons (Fsp3) is 0.143. The maximum atomic E-state index is 10.2. The second-order valence-corrected chi connectivity index (χ2v) is 1.98. The molecule has 60 valence electrons. The Morgan fingerprint density at radius 2 is 2.18 bits per heavy atom. The number of hydrogen-bond donors (Lipinski definition) is 1. The Morgan fingerprint density at radius 1 is 1.73 bits per heavy atom. The van der Waals surface area contributed by atoms with E-state index < -0.39 is 16.4 Å². The van der Waals surface area contributed by atoms with Gasteiger partial charge in [0.1, 0.15) is 0 Å². The van der Waals surface area contributed by atoms with Crippen molar-refractivity contribution < 1.29 is 10.0 Å². The summed E-state index contributed by atoms with van der Waals surface area (Å²) in [6.45, 7) is 8.01. The summed E-state index contributed by atoms with van der Waals surface area (Å²) in [4.78, 5) is 9.44. The van der Waals surface area contributed by atoms with Crippen LogP contribution in [0, 0.1) is 10.1 Å². The van der Waals surface area contributed by atoms with Gasteiger partial charge >= 0.3 is 5.70 Å². The number of nitrogens with zero attached hydrogens (tertiary/aromatic N) is 1. The topological polar surface area (TPSA) is 63.4 Å². The van der Waals surface area contributed by atoms with Crippen LogP contribution in [0.1, 0.15) is 6.92 Å². The Kier molecular flexibility index (Phi) is 3.04. The third-order valence-corrected chi connectivity index (χ3v) is 1.04. The molecule has 0 spiro atoms. The van der Waals surface area contributed by atoms with Crippen molar-refractivity contribution in [3.8, 4) is 0 Å². The van der Waals surface area contributed by atoms with Gasteiger partial charge in [-0.05, 0) is 12.5 Å². The van der Waals surface area contributed by atoms with E-state index in [0.717, 1.165) is 6.08 Å². The van der Waals surface area contributed by atoms with Crippen LogP contribution in [-0.2, 0) is 0 Å². The lowest BCUT2D eigenvalue weighted by molar-refractivity contribution is -0.421. The van der Waals surface area contributed by atoms with Crippen molar-refractivity contribution in [1.29, 1.82) is 0 Å². The van der Waals surface area contributed by atoms with E-state index in [-0.39, 0.29) is 5.57 Å². The summed E-state index contributed by atoms with van der Waals surface area (Å²) in [7, 11) is 0. The molecular weight excluding hydrogens is 146 g/mol. The third-order valence-electron chi connectivity index (χ3n) is 1.04. The maximum absolute atomic E-state index is 10.2. The minimum Gasteiger partial charge on any atom is -0.502 e. The number of nitro groups is 1. The molecule has 0 saturated carbocycles. The number of aliphatic hydroxyl groups is 1. The lowest BCUT2D eigenvalue weighted by Gasteiger charge is -1.96. The average Bonchev–Trinajstić information content (AvgIpc) is 1.88. The van der Waals surface area contributed by atoms with Crippen molar-refractivity contribution in [2.24, 2.45) is 0 Å². The van der Waals surface area contributed by atoms with Crippen LogP contribution in [0.3, 0.4) is 0 Å². The third kappa shape index (κ3) is 2.25. The number of rotatable bonds is 3. The molecule has 4 nitrogen and oxygen atoms in total. The smallest absolute Gasteiger partial charge is 0.310 e. The Labute approximate surface area is 64.3 Å². The van der Waals surface area contributed by atoms with Gasteiger partial charge in [-0.2, -0.15) is 0 Å². The van der Waals surface area contributed by atoms with Crippen molar-refractivity contribution in [1.82, 2.24) is 0 Å². The Bertz CT molecular complexity index is 240. The molecule has 0 radical (unpaired) electrons. The second kappa shape index (κ2) is 3.55. The zero-order valence-electron chi connectivity index (χ0n) is 6.20. The molecule has 0 aliphatic carbocycles. The summed E-state index contributed by atoms with van der Waals surface area (Å²) < 4.78 is 0. The molecule has 0 heterocycles. The highest BCUT2D eigenvalue weighted by molar-refractivity contribution is 5.26. The first-order chi connectivity index (χ1) is 5.00. The van der Waals surface area contributed by atoms with Gasteiger partial charge in [-0.15, -0.1) is 0 Å². The second-order valence-electron chi connectivity index (χ2n) is 1.98. The Balaban J connectivity index is 4.99. The molecule has 0 fully saturated rings. The summed E-state index contributed by atoms with van der Waals surface area (Å²) >= 11 is 0. The Morgan fingerprint density at radius 3 is 2.27 bits per heavy atom. The number of hydrogen-bond acceptors (Lipinski definition) is 3. The molecule has 4 heteroatoms. The molecule has 0 atom stereocenters. The predicted octanol–water partition coefficient (Wildman–Crippen LogP) is 1.79. The van der Waals surface area contributed by atoms with Crippen LogP contribution in [0.25, 0.3) is 0 Å². The van der Waals surface area contributed by atoms with Gasteiger partial charge in [-0.25, -0.2) is 0 Å². The predicted molar refractivity (Wildman–Crippen MR) is 41.7 cm³/mol. The van der Waals surface area contributed by atoms with Crippen LogP contribution in [-0.4, -0.2) is 10.0 Å². The largest absolute Gasteiger partial charge is 0.502 e. The minimum absolute atomic E-state index is 0.247. The van der Waals surface area contributed by atoms with E-state index in [4.69, 9.17) is 5.11 Å². The van der Waals surface area contributed by atoms with Crippen LogP contribution in [0.4, 0.5) is 0 Å². The maximum Gasteiger partial charge on any atom is 0.310 e. The van der Waals surface area contributed by atoms with Crippen LogP contribution in [0.15, 0.2) is 36.3 Å². The molecule has 0 aromatic rings. The van der Waals surface area contributed by atoms with Crippen molar-refractivity contribution in [3.63, 3.8) is 0 Å². The highest BCUT2D eigenvalue weighted by Crippen LogP contribution is 2.10. The quantitative estimate of drug-likeness (QED) is 0.292. The lowest BCUT2D eigenvalue weighted by Crippen LogP contribution is -2.00. The van der Waals surface area contributed by atoms with Gasteiger partial charge in [0, 0.05) is 6.08 Å². The molecule has 0 saturated heterocycles. The van der Waals surface area contributed by atoms with Crippen molar-refractivity contribution in [3.05, 3.63) is 46.4 Å². The molecule has 0 aliphatic heterocycles. The van der Waals surface area contributed by atoms with Gasteiger partial charge < -0.3 is 5.11 Å². The highest BCUT2D eigenvalue weighted by Gasteiger charge is 2.13. The standard InChI is InChI=1S/C7H9NO3/c1-4-6(8(10)11)7(9)5(2)3/h4,9H,1-2H2,3H3/b7-6-. The molecule has 1 N–H and O–H groups in total. The highest BCUT2D eigenvalue weighted by atomic mass is 16.6. The van der Waals surface area contributed by atoms with Gasteiger partial charge in [0.2, 0.25) is 0 Å². The SMILES string of the molecule is C=C/C(=C(/O)C(=C)C)[N+](=O)[O-]. The van der Waals surface area contributed by atoms with Crippen molar-refractivity contribution in [2.75, 3.05) is 0 Å². The van der Waals surface area contributed by atoms with Crippen LogP contribution < -0.4 is 0 Å². The number of aliphatic hydroxyl groups excluding tert-OH is 1. The molecule has 0 rings (SSSR count). The van der Waals surface area contributed by atoms with Crippen LogP contribution >= 0.6 is 0 Å². The lowest BCUT2D eigenvalue weighted by atomic mass is 10.2. The summed E-state index contributed by atoms with van der Waals surface area (Å²) in [6.07, 6.45) is 0.976. The van der Waals surface area contributed by atoms with Gasteiger partial charge in [-0.3, -0.25) is 10.1 Å². The molecule has 0 amide bonds.